The van der Waals surface area contributed by atoms with E-state index in [0.717, 1.165) is 5.69 Å². The number of tetrazole rings is 1. The monoisotopic (exact) mass is 341 g/mol. The lowest BCUT2D eigenvalue weighted by Gasteiger charge is -2.15. The van der Waals surface area contributed by atoms with Crippen LogP contribution in [-0.4, -0.2) is 32.2 Å². The molecule has 0 radical (unpaired) electrons. The standard InChI is InChI=1S/C17H16FN5O2/c1-11-3-4-13(9-16(11)18)20-17(24)12(2)25-15-7-5-14(6-8-15)23-10-19-21-22-23/h3-10,12H,1-2H3,(H,20,24). The van der Waals surface area contributed by atoms with E-state index < -0.39 is 6.10 Å². The summed E-state index contributed by atoms with van der Waals surface area (Å²) in [5.74, 6) is -0.216. The predicted octanol–water partition coefficient (Wildman–Crippen LogP) is 2.52. The molecule has 1 heterocycles. The highest BCUT2D eigenvalue weighted by Crippen LogP contribution is 2.17. The second-order valence-electron chi connectivity index (χ2n) is 5.46. The highest BCUT2D eigenvalue weighted by molar-refractivity contribution is 5.94. The van der Waals surface area contributed by atoms with Gasteiger partial charge < -0.3 is 10.1 Å². The number of aryl methyl sites for hydroxylation is 1. The molecule has 25 heavy (non-hydrogen) atoms. The molecule has 7 nitrogen and oxygen atoms in total. The summed E-state index contributed by atoms with van der Waals surface area (Å²) in [5.41, 5.74) is 1.67. The summed E-state index contributed by atoms with van der Waals surface area (Å²) >= 11 is 0. The van der Waals surface area contributed by atoms with Gasteiger partial charge in [0.25, 0.3) is 5.91 Å². The van der Waals surface area contributed by atoms with Crippen LogP contribution in [0, 0.1) is 12.7 Å². The maximum Gasteiger partial charge on any atom is 0.265 e. The average molecular weight is 341 g/mol. The molecule has 0 saturated carbocycles. The number of benzene rings is 2. The molecule has 0 spiro atoms. The van der Waals surface area contributed by atoms with Gasteiger partial charge in [-0.1, -0.05) is 6.07 Å². The fourth-order valence-corrected chi connectivity index (χ4v) is 2.13. The minimum atomic E-state index is -0.747. The van der Waals surface area contributed by atoms with E-state index in [9.17, 15) is 9.18 Å². The molecule has 0 aliphatic heterocycles. The molecule has 0 aliphatic rings. The molecular weight excluding hydrogens is 325 g/mol. The molecule has 1 amide bonds. The third kappa shape index (κ3) is 3.97. The Balaban J connectivity index is 1.62. The number of halogens is 1. The number of carbonyl (C=O) groups excluding carboxylic acids is 1. The number of hydrogen-bond acceptors (Lipinski definition) is 5. The van der Waals surface area contributed by atoms with Crippen LogP contribution in [0.4, 0.5) is 10.1 Å². The zero-order chi connectivity index (χ0) is 17.8. The van der Waals surface area contributed by atoms with Crippen molar-refractivity contribution in [1.82, 2.24) is 20.2 Å². The van der Waals surface area contributed by atoms with Gasteiger partial charge in [0.1, 0.15) is 17.9 Å². The maximum absolute atomic E-state index is 13.5. The molecule has 2 aromatic carbocycles. The fraction of sp³-hybridized carbons (Fsp3) is 0.176. The second kappa shape index (κ2) is 7.08. The Labute approximate surface area is 143 Å². The van der Waals surface area contributed by atoms with Gasteiger partial charge in [-0.15, -0.1) is 5.10 Å². The highest BCUT2D eigenvalue weighted by atomic mass is 19.1. The summed E-state index contributed by atoms with van der Waals surface area (Å²) in [5, 5.41) is 13.5. The SMILES string of the molecule is Cc1ccc(NC(=O)C(C)Oc2ccc(-n3cnnn3)cc2)cc1F. The molecule has 0 fully saturated rings. The zero-order valence-corrected chi connectivity index (χ0v) is 13.7. The largest absolute Gasteiger partial charge is 0.481 e. The second-order valence-corrected chi connectivity index (χ2v) is 5.46. The first-order valence-corrected chi connectivity index (χ1v) is 7.60. The highest BCUT2D eigenvalue weighted by Gasteiger charge is 2.15. The van der Waals surface area contributed by atoms with E-state index >= 15 is 0 Å². The molecule has 0 aliphatic carbocycles. The van der Waals surface area contributed by atoms with E-state index in [0.29, 0.717) is 17.0 Å². The van der Waals surface area contributed by atoms with Crippen molar-refractivity contribution in [3.63, 3.8) is 0 Å². The quantitative estimate of drug-likeness (QED) is 0.771. The lowest BCUT2D eigenvalue weighted by atomic mass is 10.2. The number of carbonyl (C=O) groups is 1. The Hall–Kier alpha value is -3.29. The van der Waals surface area contributed by atoms with E-state index in [1.807, 2.05) is 0 Å². The number of aromatic nitrogens is 4. The van der Waals surface area contributed by atoms with Crippen molar-refractivity contribution in [2.75, 3.05) is 5.32 Å². The summed E-state index contributed by atoms with van der Waals surface area (Å²) in [7, 11) is 0. The lowest BCUT2D eigenvalue weighted by Crippen LogP contribution is -2.30. The number of nitrogens with zero attached hydrogens (tertiary/aromatic N) is 4. The molecule has 128 valence electrons. The van der Waals surface area contributed by atoms with Crippen LogP contribution in [-0.2, 0) is 4.79 Å². The van der Waals surface area contributed by atoms with Gasteiger partial charge in [-0.2, -0.15) is 0 Å². The topological polar surface area (TPSA) is 81.9 Å². The molecular formula is C17H16FN5O2. The Morgan fingerprint density at radius 1 is 1.24 bits per heavy atom. The predicted molar refractivity (Wildman–Crippen MR) is 89.0 cm³/mol. The Morgan fingerprint density at radius 3 is 2.64 bits per heavy atom. The smallest absolute Gasteiger partial charge is 0.265 e. The molecule has 1 atom stereocenters. The Bertz CT molecular complexity index is 865. The normalized spacial score (nSPS) is 11.8. The molecule has 3 aromatic rings. The molecule has 1 N–H and O–H groups in total. The van der Waals surface area contributed by atoms with Gasteiger partial charge in [0.15, 0.2) is 6.10 Å². The number of ether oxygens (including phenoxy) is 1. The van der Waals surface area contributed by atoms with Crippen LogP contribution >= 0.6 is 0 Å². The van der Waals surface area contributed by atoms with Crippen molar-refractivity contribution in [3.8, 4) is 11.4 Å². The van der Waals surface area contributed by atoms with Crippen LogP contribution in [0.2, 0.25) is 0 Å². The summed E-state index contributed by atoms with van der Waals surface area (Å²) in [6.45, 7) is 3.28. The van der Waals surface area contributed by atoms with Crippen molar-refractivity contribution in [3.05, 3.63) is 60.2 Å². The number of anilines is 1. The van der Waals surface area contributed by atoms with Gasteiger partial charge in [-0.3, -0.25) is 4.79 Å². The van der Waals surface area contributed by atoms with Crippen molar-refractivity contribution in [2.45, 2.75) is 20.0 Å². The van der Waals surface area contributed by atoms with Crippen LogP contribution in [0.25, 0.3) is 5.69 Å². The van der Waals surface area contributed by atoms with Gasteiger partial charge in [0.2, 0.25) is 0 Å². The van der Waals surface area contributed by atoms with Crippen LogP contribution in [0.1, 0.15) is 12.5 Å². The van der Waals surface area contributed by atoms with Crippen LogP contribution in [0.3, 0.4) is 0 Å². The molecule has 1 unspecified atom stereocenters. The van der Waals surface area contributed by atoms with Crippen molar-refractivity contribution >= 4 is 11.6 Å². The van der Waals surface area contributed by atoms with Crippen molar-refractivity contribution in [2.24, 2.45) is 0 Å². The van der Waals surface area contributed by atoms with Gasteiger partial charge in [-0.05, 0) is 66.2 Å². The van der Waals surface area contributed by atoms with Crippen LogP contribution in [0.5, 0.6) is 5.75 Å². The number of amides is 1. The van der Waals surface area contributed by atoms with E-state index in [1.165, 1.54) is 17.1 Å². The summed E-state index contributed by atoms with van der Waals surface area (Å²) in [4.78, 5) is 12.2. The number of nitrogens with one attached hydrogen (secondary N) is 1. The van der Waals surface area contributed by atoms with Gasteiger partial charge in [0.05, 0.1) is 5.69 Å². The van der Waals surface area contributed by atoms with E-state index in [-0.39, 0.29) is 11.7 Å². The number of rotatable bonds is 5. The minimum Gasteiger partial charge on any atom is -0.481 e. The molecule has 0 bridgehead atoms. The molecule has 0 saturated heterocycles. The van der Waals surface area contributed by atoms with Crippen molar-refractivity contribution in [1.29, 1.82) is 0 Å². The molecule has 1 aromatic heterocycles. The first-order chi connectivity index (χ1) is 12.0. The lowest BCUT2D eigenvalue weighted by molar-refractivity contribution is -0.122. The molecule has 8 heteroatoms. The average Bonchev–Trinajstić information content (AvgIpc) is 3.13. The Morgan fingerprint density at radius 2 is 2.00 bits per heavy atom. The number of hydrogen-bond donors (Lipinski definition) is 1. The van der Waals surface area contributed by atoms with E-state index in [2.05, 4.69) is 20.8 Å². The van der Waals surface area contributed by atoms with Crippen LogP contribution < -0.4 is 10.1 Å². The fourth-order valence-electron chi connectivity index (χ4n) is 2.13. The maximum atomic E-state index is 13.5. The first kappa shape index (κ1) is 16.6. The van der Waals surface area contributed by atoms with Crippen LogP contribution in [0.15, 0.2) is 48.8 Å². The van der Waals surface area contributed by atoms with Crippen molar-refractivity contribution < 1.29 is 13.9 Å². The Kier molecular flexibility index (Phi) is 4.69. The summed E-state index contributed by atoms with van der Waals surface area (Å²) < 4.78 is 20.6. The first-order valence-electron chi connectivity index (χ1n) is 7.60. The minimum absolute atomic E-state index is 0.368. The zero-order valence-electron chi connectivity index (χ0n) is 13.7. The van der Waals surface area contributed by atoms with E-state index in [1.54, 1.807) is 50.2 Å². The van der Waals surface area contributed by atoms with E-state index in [4.69, 9.17) is 4.74 Å². The third-order valence-corrected chi connectivity index (χ3v) is 3.57. The summed E-state index contributed by atoms with van der Waals surface area (Å²) in [6, 6.07) is 11.5. The van der Waals surface area contributed by atoms with Gasteiger partial charge >= 0.3 is 0 Å². The molecule has 3 rings (SSSR count). The van der Waals surface area contributed by atoms with Gasteiger partial charge in [-0.25, -0.2) is 9.07 Å². The third-order valence-electron chi connectivity index (χ3n) is 3.57. The summed E-state index contributed by atoms with van der Waals surface area (Å²) in [6.07, 6.45) is 0.732. The van der Waals surface area contributed by atoms with Gasteiger partial charge in [0, 0.05) is 5.69 Å².